The molecule has 0 bridgehead atoms. The number of hydrogen-bond donors (Lipinski definition) is 8. The molecule has 630 valence electrons. The summed E-state index contributed by atoms with van der Waals surface area (Å²) in [7, 11) is 3.24. The van der Waals surface area contributed by atoms with Crippen LogP contribution in [0.2, 0.25) is 0 Å². The van der Waals surface area contributed by atoms with Crippen LogP contribution in [0, 0.1) is 0 Å². The zero-order valence-corrected chi connectivity index (χ0v) is 69.3. The molecule has 0 radical (unpaired) electrons. The topological polar surface area (TPSA) is 313 Å². The minimum atomic E-state index is -0.387. The second kappa shape index (κ2) is 42.7. The van der Waals surface area contributed by atoms with E-state index < -0.39 is 0 Å². The molecule has 0 aliphatic carbocycles. The Labute approximate surface area is 697 Å². The molecule has 0 saturated carbocycles. The predicted molar refractivity (Wildman–Crippen MR) is 465 cm³/mol. The number of pyridine rings is 2. The number of carbonyl (C=O) groups is 6. The van der Waals surface area contributed by atoms with Crippen molar-refractivity contribution in [1.82, 2.24) is 71.2 Å². The highest BCUT2D eigenvalue weighted by atomic mass is 16.6. The lowest BCUT2D eigenvalue weighted by molar-refractivity contribution is 0.0228. The molecule has 0 spiro atoms. The predicted octanol–water partition coefficient (Wildman–Crippen LogP) is 13.0. The highest BCUT2D eigenvalue weighted by molar-refractivity contribution is 6.01. The molecule has 4 fully saturated rings. The number of fused-ring (bicyclic) bond motifs is 2. The molecule has 5 amide bonds. The molecule has 10 aromatic rings. The van der Waals surface area contributed by atoms with Crippen molar-refractivity contribution < 1.29 is 52.5 Å². The average molecular weight is 1620 g/mol. The van der Waals surface area contributed by atoms with E-state index in [1.165, 1.54) is 5.56 Å². The Kier molecular flexibility index (Phi) is 31.6. The molecule has 14 rings (SSSR count). The number of carbonyl (C=O) groups excluding carboxylic acids is 6. The maximum atomic E-state index is 13.6. The Morgan fingerprint density at radius 3 is 1.34 bits per heavy atom. The Morgan fingerprint density at radius 2 is 0.916 bits per heavy atom. The lowest BCUT2D eigenvalue weighted by Crippen LogP contribution is -2.48. The Bertz CT molecular complexity index is 5130. The minimum absolute atomic E-state index is 0. The van der Waals surface area contributed by atoms with Crippen LogP contribution in [0.25, 0.3) is 44.3 Å². The van der Waals surface area contributed by atoms with E-state index in [2.05, 4.69) is 109 Å². The van der Waals surface area contributed by atoms with E-state index in [9.17, 15) is 28.8 Å². The first kappa shape index (κ1) is 88.2. The average Bonchev–Trinajstić information content (AvgIpc) is 1.64. The summed E-state index contributed by atoms with van der Waals surface area (Å²) in [6, 6.07) is 41.7. The summed E-state index contributed by atoms with van der Waals surface area (Å²) in [5.74, 6) is 0.209. The number of nitrogens with zero attached hydrogens (tertiary/aromatic N) is 8. The van der Waals surface area contributed by atoms with Gasteiger partial charge in [-0.25, -0.2) is 24.1 Å². The lowest BCUT2D eigenvalue weighted by atomic mass is 10.00. The molecular weight excluding hydrogens is 1510 g/mol. The van der Waals surface area contributed by atoms with Gasteiger partial charge in [-0.1, -0.05) is 69.8 Å². The van der Waals surface area contributed by atoms with Crippen molar-refractivity contribution in [2.24, 2.45) is 0 Å². The molecule has 119 heavy (non-hydrogen) atoms. The van der Waals surface area contributed by atoms with Crippen LogP contribution in [0.15, 0.2) is 146 Å². The SMILES string of the molecule is C.CC(C)(C)OC(=O)N1CCNCC1.CCc1nc2c(cnn2CC)c(NC2CCOCC2)c1CNC(=O)c1cccc(C(=O)NCc2cc(OC)cc(-c3cccc(C=O)c3)c2)c1.CCc1nc2c(cnn2CC)c(NC2CCOCC2)c1CNC(=O)c1cccc(C(=O)NCc2cc(OC)cc(-c3cccc(CN4CCNCC4)c3)c2)c1. The summed E-state index contributed by atoms with van der Waals surface area (Å²) in [5.41, 5.74) is 15.8. The molecule has 8 N–H and O–H groups in total. The standard InChI is InChI=1S/C43H52N8O4.C39H42N6O5.C9H18N2O2.CH4/c1-4-39-37(40(48-35-12-18-55-19-13-35)38-27-47-51(5-2)41(38)49-39)26-46-43(53)33-11-7-10-32(23-33)42(52)45-25-30-21-34(24-36(22-30)54-3)31-9-6-8-29(20-31)28-50-16-14-44-15-17-50;1-4-35-33(36(43-31-12-14-50-15-13-31)34-23-42-45(5-2)37(34)44-35)22-41-39(48)29-11-7-10-28(19-29)38(47)40-21-26-17-30(20-32(18-26)49-3)27-9-6-8-25(16-27)24-46;1-9(2,3)13-8(12)11-6-4-10-5-7-11;/h6-11,20-24,27,35,44H,4-5,12-19,25-26,28H2,1-3H3,(H,45,52)(H,46,53)(H,48,49);6-11,16-20,23-24,31H,4-5,12-15,21-22H2,1-3H3,(H,40,47)(H,41,48)(H,43,44);10H,4-7H2,1-3H3;1H4. The van der Waals surface area contributed by atoms with Crippen molar-refractivity contribution in [2.45, 2.75) is 158 Å². The third kappa shape index (κ3) is 23.6. The van der Waals surface area contributed by atoms with Gasteiger partial charge >= 0.3 is 6.09 Å². The van der Waals surface area contributed by atoms with Crippen molar-refractivity contribution in [3.05, 3.63) is 213 Å². The molecular formula is C92H116N16O11. The molecule has 0 unspecified atom stereocenters. The number of hydrogen-bond acceptors (Lipinski definition) is 20. The maximum Gasteiger partial charge on any atom is 0.410 e. The molecule has 4 saturated heterocycles. The first-order valence-electron chi connectivity index (χ1n) is 41.2. The van der Waals surface area contributed by atoms with E-state index >= 15 is 0 Å². The maximum absolute atomic E-state index is 13.6. The van der Waals surface area contributed by atoms with Crippen LogP contribution in [0.1, 0.15) is 173 Å². The second-order valence-corrected chi connectivity index (χ2v) is 30.7. The number of piperazine rings is 2. The summed E-state index contributed by atoms with van der Waals surface area (Å²) < 4.78 is 31.4. The number of anilines is 2. The first-order valence-corrected chi connectivity index (χ1v) is 41.2. The van der Waals surface area contributed by atoms with Crippen molar-refractivity contribution in [2.75, 3.05) is 104 Å². The molecule has 6 aromatic carbocycles. The quantitative estimate of drug-likeness (QED) is 0.0222. The van der Waals surface area contributed by atoms with Gasteiger partial charge in [0.15, 0.2) is 11.3 Å². The highest BCUT2D eigenvalue weighted by Crippen LogP contribution is 2.35. The number of methoxy groups -OCH3 is 2. The van der Waals surface area contributed by atoms with Crippen LogP contribution < -0.4 is 52.0 Å². The molecule has 27 nitrogen and oxygen atoms in total. The molecule has 4 aliphatic heterocycles. The van der Waals surface area contributed by atoms with Gasteiger partial charge < -0.3 is 71.1 Å². The zero-order chi connectivity index (χ0) is 83.1. The van der Waals surface area contributed by atoms with E-state index in [0.717, 1.165) is 186 Å². The van der Waals surface area contributed by atoms with Crippen LogP contribution >= 0.6 is 0 Å². The lowest BCUT2D eigenvalue weighted by Gasteiger charge is -2.30. The largest absolute Gasteiger partial charge is 0.497 e. The summed E-state index contributed by atoms with van der Waals surface area (Å²) in [5, 5.41) is 37.3. The van der Waals surface area contributed by atoms with Gasteiger partial charge in [-0.15, -0.1) is 0 Å². The Morgan fingerprint density at radius 1 is 0.504 bits per heavy atom. The Hall–Kier alpha value is -11.6. The monoisotopic (exact) mass is 1620 g/mol. The van der Waals surface area contributed by atoms with E-state index in [1.807, 2.05) is 98.0 Å². The van der Waals surface area contributed by atoms with Gasteiger partial charge in [0.25, 0.3) is 23.6 Å². The van der Waals surface area contributed by atoms with Crippen molar-refractivity contribution in [3.8, 4) is 33.8 Å². The van der Waals surface area contributed by atoms with E-state index in [0.29, 0.717) is 92.5 Å². The fourth-order valence-electron chi connectivity index (χ4n) is 15.0. The minimum Gasteiger partial charge on any atom is -0.497 e. The normalized spacial score (nSPS) is 14.6. The third-order valence-electron chi connectivity index (χ3n) is 21.3. The van der Waals surface area contributed by atoms with Gasteiger partial charge in [0.2, 0.25) is 0 Å². The third-order valence-corrected chi connectivity index (χ3v) is 21.3. The van der Waals surface area contributed by atoms with Crippen LogP contribution in [0.4, 0.5) is 16.2 Å². The van der Waals surface area contributed by atoms with Gasteiger partial charge in [0, 0.05) is 187 Å². The fraction of sp³-hybridized carbons (Fsp3) is 0.413. The molecule has 4 aliphatic rings. The smallest absolute Gasteiger partial charge is 0.410 e. The molecule has 0 atom stereocenters. The van der Waals surface area contributed by atoms with Gasteiger partial charge in [0.05, 0.1) is 48.8 Å². The summed E-state index contributed by atoms with van der Waals surface area (Å²) in [4.78, 5) is 90.9. The van der Waals surface area contributed by atoms with Gasteiger partial charge in [-0.3, -0.25) is 28.9 Å². The number of aryl methyl sites for hydroxylation is 4. The van der Waals surface area contributed by atoms with Crippen molar-refractivity contribution in [3.63, 3.8) is 0 Å². The van der Waals surface area contributed by atoms with Crippen LogP contribution in [0.3, 0.4) is 0 Å². The van der Waals surface area contributed by atoms with Crippen LogP contribution in [0.5, 0.6) is 11.5 Å². The molecule has 27 heteroatoms. The molecule has 4 aromatic heterocycles. The highest BCUT2D eigenvalue weighted by Gasteiger charge is 2.28. The second-order valence-electron chi connectivity index (χ2n) is 30.7. The number of amides is 5. The summed E-state index contributed by atoms with van der Waals surface area (Å²) in [6.45, 7) is 27.4. The number of nitrogens with one attached hydrogen (secondary N) is 8. The van der Waals surface area contributed by atoms with E-state index in [1.54, 1.807) is 73.7 Å². The Balaban J connectivity index is 0.000000201. The van der Waals surface area contributed by atoms with Crippen LogP contribution in [-0.2, 0) is 72.9 Å². The van der Waals surface area contributed by atoms with Gasteiger partial charge in [-0.2, -0.15) is 10.2 Å². The number of rotatable bonds is 27. The first-order chi connectivity index (χ1) is 57.3. The van der Waals surface area contributed by atoms with Crippen molar-refractivity contribution >= 4 is 69.4 Å². The van der Waals surface area contributed by atoms with Gasteiger partial charge in [0.1, 0.15) is 23.4 Å². The number of benzene rings is 6. The van der Waals surface area contributed by atoms with Crippen LogP contribution in [-0.4, -0.2) is 186 Å². The number of ether oxygens (including phenoxy) is 5. The molecule has 8 heterocycles. The number of aromatic nitrogens is 6. The van der Waals surface area contributed by atoms with Crippen molar-refractivity contribution in [1.29, 1.82) is 0 Å². The van der Waals surface area contributed by atoms with E-state index in [4.69, 9.17) is 33.7 Å². The number of aldehydes is 1. The fourth-order valence-corrected chi connectivity index (χ4v) is 15.0. The summed E-state index contributed by atoms with van der Waals surface area (Å²) >= 11 is 0. The van der Waals surface area contributed by atoms with E-state index in [-0.39, 0.29) is 74.5 Å². The van der Waals surface area contributed by atoms with Gasteiger partial charge in [-0.05, 0) is 197 Å². The summed E-state index contributed by atoms with van der Waals surface area (Å²) in [6.07, 6.45) is 9.29. The zero-order valence-electron chi connectivity index (χ0n) is 69.3.